The number of hydrogen-bond acceptors (Lipinski definition) is 34. The van der Waals surface area contributed by atoms with Gasteiger partial charge in [0.15, 0.2) is 25.2 Å². The second-order valence-corrected chi connectivity index (χ2v) is 28.6. The van der Waals surface area contributed by atoms with Crippen molar-refractivity contribution < 1.29 is 168 Å². The minimum atomic E-state index is -2.10. The number of carbonyl (C=O) groups excluding carboxylic acids is 3. The highest BCUT2D eigenvalue weighted by Crippen LogP contribution is 2.46. The van der Waals surface area contributed by atoms with Crippen molar-refractivity contribution in [3.8, 4) is 0 Å². The maximum atomic E-state index is 13.6. The first-order chi connectivity index (χ1) is 47.6. The van der Waals surface area contributed by atoms with Gasteiger partial charge in [-0.2, -0.15) is 0 Å². The number of aliphatic hydroxyl groups is 19. The number of ether oxygens (including phenoxy) is 12. The average molecular weight is 1440 g/mol. The number of esters is 3. The summed E-state index contributed by atoms with van der Waals surface area (Å²) in [7, 11) is 0. The van der Waals surface area contributed by atoms with Gasteiger partial charge in [-0.25, -0.2) is 14.4 Å². The van der Waals surface area contributed by atoms with E-state index < -0.39 is 252 Å². The van der Waals surface area contributed by atoms with E-state index in [1.807, 2.05) is 0 Å². The minimum absolute atomic E-state index is 0.00153. The Hall–Kier alpha value is -3.49. The van der Waals surface area contributed by atoms with E-state index in [2.05, 4.69) is 0 Å². The largest absolute Gasteiger partial charge is 0.460 e. The molecular weight excluding hydrogens is 1340 g/mol. The molecule has 5 saturated heterocycles. The van der Waals surface area contributed by atoms with Crippen molar-refractivity contribution in [2.75, 3.05) is 26.4 Å². The smallest absolute Gasteiger partial charge is 0.330 e. The summed E-state index contributed by atoms with van der Waals surface area (Å²) in [5, 5.41) is 205. The van der Waals surface area contributed by atoms with Crippen molar-refractivity contribution in [1.82, 2.24) is 0 Å². The summed E-state index contributed by atoms with van der Waals surface area (Å²) in [4.78, 5) is 39.1. The minimum Gasteiger partial charge on any atom is -0.460 e. The third kappa shape index (κ3) is 19.6. The van der Waals surface area contributed by atoms with E-state index in [1.165, 1.54) is 18.2 Å². The molecule has 0 aromatic heterocycles. The summed E-state index contributed by atoms with van der Waals surface area (Å²) in [6, 6.07) is 0. The molecule has 5 aliphatic heterocycles. The topological polar surface area (TPSA) is 546 Å². The van der Waals surface area contributed by atoms with Gasteiger partial charge in [0.05, 0.1) is 79.9 Å². The van der Waals surface area contributed by atoms with Crippen LogP contribution in [0.1, 0.15) is 103 Å². The van der Waals surface area contributed by atoms with Crippen LogP contribution < -0.4 is 0 Å². The standard InChI is InChI=1S/C66H102O34/c67-23-43-50(78)54(82)58(86)64(96-43)94-41-21-32(69)20-40-33(41)22-42(61(92-40)30-7-9-31(68)10-8-30)95-66-62(100-65-60(88)56(84)52(80)45(98-65)25-90-48(76)15-5-28-2-12-35(71)37(73)18-28)57(85)53(81)46(99-66)26-91-49(77)16-6-29-3-13-39(38(74)19-29)93-63-59(87)55(83)51(79)44(97-63)24-89-47(75)14-4-27-1-11-34(70)36(72)17-27/h4-6,14-16,27-46,50-74,78-88H,1-3,7-13,17-26H2. The van der Waals surface area contributed by atoms with Gasteiger partial charge >= 0.3 is 17.9 Å². The maximum absolute atomic E-state index is 13.6. The third-order valence-electron chi connectivity index (χ3n) is 21.5. The number of hydrogen-bond donors (Lipinski definition) is 19. The van der Waals surface area contributed by atoms with Crippen LogP contribution in [0.25, 0.3) is 0 Å². The summed E-state index contributed by atoms with van der Waals surface area (Å²) in [5.74, 6) is -4.71. The van der Waals surface area contributed by atoms with Crippen LogP contribution in [-0.2, 0) is 71.2 Å². The number of carbonyl (C=O) groups is 3. The highest BCUT2D eigenvalue weighted by atomic mass is 16.8. The van der Waals surface area contributed by atoms with E-state index in [0.29, 0.717) is 51.4 Å². The second-order valence-electron chi connectivity index (χ2n) is 28.6. The molecule has 0 bridgehead atoms. The van der Waals surface area contributed by atoms with Crippen LogP contribution in [0.5, 0.6) is 0 Å². The van der Waals surface area contributed by atoms with Gasteiger partial charge < -0.3 is 154 Å². The van der Waals surface area contributed by atoms with Gasteiger partial charge in [0.25, 0.3) is 0 Å². The molecule has 10 aliphatic rings. The summed E-state index contributed by atoms with van der Waals surface area (Å²) in [5.41, 5.74) is 0. The molecule has 0 spiro atoms. The second kappa shape index (κ2) is 35.7. The zero-order valence-electron chi connectivity index (χ0n) is 55.1. The van der Waals surface area contributed by atoms with E-state index in [9.17, 15) is 111 Å². The lowest BCUT2D eigenvalue weighted by Gasteiger charge is -2.52. The van der Waals surface area contributed by atoms with Crippen LogP contribution in [0, 0.1) is 29.6 Å². The van der Waals surface area contributed by atoms with Gasteiger partial charge in [-0.15, -0.1) is 0 Å². The SMILES string of the molecule is O=C(C=CC1CCC(O)C(O)C1)OCC1OC(OC2CCC(C=CC(=O)OCC3OC(OC4CC5C(OC6OC(CO)C(O)C(O)C6O)CC(O)CC5OC4C4CCC(O)CC4)C(OC4OC(COC(=O)C=CC5CCC(O)C(O)C5)C(O)C(O)C4O)C(O)C3O)CC2O)C(O)C(O)C1O. The summed E-state index contributed by atoms with van der Waals surface area (Å²) >= 11 is 0. The molecule has 0 radical (unpaired) electrons. The van der Waals surface area contributed by atoms with E-state index >= 15 is 0 Å². The van der Waals surface area contributed by atoms with Gasteiger partial charge in [-0.1, -0.05) is 18.2 Å². The molecule has 0 aromatic carbocycles. The molecule has 10 rings (SSSR count). The molecule has 19 N–H and O–H groups in total. The molecule has 5 aliphatic carbocycles. The Morgan fingerprint density at radius 2 is 0.750 bits per heavy atom. The number of rotatable bonds is 22. The molecule has 100 heavy (non-hydrogen) atoms. The Kier molecular flexibility index (Phi) is 28.3. The van der Waals surface area contributed by atoms with E-state index in [4.69, 9.17) is 56.8 Å². The first-order valence-electron chi connectivity index (χ1n) is 34.9. The molecule has 5 heterocycles. The van der Waals surface area contributed by atoms with Crippen LogP contribution in [0.3, 0.4) is 0 Å². The van der Waals surface area contributed by atoms with Crippen LogP contribution in [0.2, 0.25) is 0 Å². The highest BCUT2D eigenvalue weighted by molar-refractivity contribution is 5.82. The Morgan fingerprint density at radius 1 is 0.340 bits per heavy atom. The molecular formula is C66H102O34. The van der Waals surface area contributed by atoms with Crippen molar-refractivity contribution in [3.63, 3.8) is 0 Å². The van der Waals surface area contributed by atoms with Gasteiger partial charge in [0, 0.05) is 30.6 Å². The lowest BCUT2D eigenvalue weighted by molar-refractivity contribution is -0.380. The summed E-state index contributed by atoms with van der Waals surface area (Å²) in [6.45, 7) is -2.81. The molecule has 10 fully saturated rings. The fourth-order valence-corrected chi connectivity index (χ4v) is 15.4. The van der Waals surface area contributed by atoms with Gasteiger partial charge in [0.2, 0.25) is 0 Å². The van der Waals surface area contributed by atoms with Crippen LogP contribution in [0.15, 0.2) is 36.5 Å². The van der Waals surface area contributed by atoms with Crippen LogP contribution in [-0.4, -0.2) is 337 Å². The fourth-order valence-electron chi connectivity index (χ4n) is 15.4. The Bertz CT molecular complexity index is 2680. The zero-order valence-corrected chi connectivity index (χ0v) is 55.1. The number of fused-ring (bicyclic) bond motifs is 1. The lowest BCUT2D eigenvalue weighted by Crippen LogP contribution is -2.66. The normalized spacial score (nSPS) is 48.3. The molecule has 35 unspecified atom stereocenters. The summed E-state index contributed by atoms with van der Waals surface area (Å²) in [6.07, 6.45) is -35.3. The predicted octanol–water partition coefficient (Wildman–Crippen LogP) is -6.63. The molecule has 570 valence electrons. The Morgan fingerprint density at radius 3 is 1.22 bits per heavy atom. The van der Waals surface area contributed by atoms with Crippen molar-refractivity contribution in [3.05, 3.63) is 36.5 Å². The molecule has 5 saturated carbocycles. The van der Waals surface area contributed by atoms with Crippen molar-refractivity contribution in [2.24, 2.45) is 29.6 Å². The van der Waals surface area contributed by atoms with Crippen molar-refractivity contribution in [2.45, 2.75) is 299 Å². The van der Waals surface area contributed by atoms with E-state index in [0.717, 1.165) is 18.2 Å². The maximum Gasteiger partial charge on any atom is 0.330 e. The first kappa shape index (κ1) is 79.1. The zero-order chi connectivity index (χ0) is 72.0. The van der Waals surface area contributed by atoms with E-state index in [1.54, 1.807) is 0 Å². The van der Waals surface area contributed by atoms with Gasteiger partial charge in [0.1, 0.15) is 117 Å². The monoisotopic (exact) mass is 1440 g/mol. The first-order valence-corrected chi connectivity index (χ1v) is 34.9. The quantitative estimate of drug-likeness (QED) is 0.0272. The Labute approximate surface area is 575 Å². The van der Waals surface area contributed by atoms with Gasteiger partial charge in [-0.05, 0) is 120 Å². The molecule has 34 nitrogen and oxygen atoms in total. The lowest BCUT2D eigenvalue weighted by atomic mass is 9.73. The molecule has 35 atom stereocenters. The van der Waals surface area contributed by atoms with Crippen LogP contribution in [0.4, 0.5) is 0 Å². The molecule has 34 heteroatoms. The average Bonchev–Trinajstić information content (AvgIpc) is 0.767. The van der Waals surface area contributed by atoms with Crippen LogP contribution >= 0.6 is 0 Å². The Balaban J connectivity index is 0.810. The highest BCUT2D eigenvalue weighted by Gasteiger charge is 2.57. The number of allylic oxidation sites excluding steroid dienone is 3. The fraction of sp³-hybridized carbons (Fsp3) is 0.864. The molecule has 0 aromatic rings. The van der Waals surface area contributed by atoms with Crippen molar-refractivity contribution >= 4 is 17.9 Å². The van der Waals surface area contributed by atoms with E-state index in [-0.39, 0.29) is 69.1 Å². The number of aliphatic hydroxyl groups excluding tert-OH is 19. The van der Waals surface area contributed by atoms with Gasteiger partial charge in [-0.3, -0.25) is 0 Å². The predicted molar refractivity (Wildman–Crippen MR) is 330 cm³/mol. The summed E-state index contributed by atoms with van der Waals surface area (Å²) < 4.78 is 72.0. The molecule has 0 amide bonds. The van der Waals surface area contributed by atoms with Crippen molar-refractivity contribution in [1.29, 1.82) is 0 Å². The third-order valence-corrected chi connectivity index (χ3v) is 21.5.